The second-order valence-electron chi connectivity index (χ2n) is 4.84. The minimum absolute atomic E-state index is 1.49. The molecule has 0 aromatic rings. The molecule has 0 aliphatic carbocycles. The highest BCUT2D eigenvalue weighted by Crippen LogP contribution is 2.53. The van der Waals surface area contributed by atoms with Crippen molar-refractivity contribution in [3.63, 3.8) is 0 Å². The van der Waals surface area contributed by atoms with Gasteiger partial charge in [0.25, 0.3) is 0 Å². The Morgan fingerprint density at radius 2 is 1.40 bits per heavy atom. The number of halogens is 7. The van der Waals surface area contributed by atoms with Crippen LogP contribution in [-0.2, 0) is 0 Å². The summed E-state index contributed by atoms with van der Waals surface area (Å²) in [6.07, 6.45) is -10.6. The first-order valence-electron chi connectivity index (χ1n) is 5.07. The Morgan fingerprint density at radius 3 is 1.75 bits per heavy atom. The van der Waals surface area contributed by atoms with Gasteiger partial charge in [0.1, 0.15) is 8.24 Å². The molecular formula is C7H10F7N4PSi. The predicted molar refractivity (Wildman–Crippen MR) is 63.9 cm³/mol. The molecular weight excluding hydrogens is 332 g/mol. The van der Waals surface area contributed by atoms with E-state index in [-0.39, 0.29) is 0 Å². The van der Waals surface area contributed by atoms with Crippen molar-refractivity contribution in [2.75, 3.05) is 0 Å². The van der Waals surface area contributed by atoms with E-state index >= 15 is 0 Å². The average Bonchev–Trinajstić information content (AvgIpc) is 2.09. The maximum Gasteiger partial charge on any atom is 0.451 e. The Bertz CT molecular complexity index is 498. The van der Waals surface area contributed by atoms with Gasteiger partial charge in [-0.3, -0.25) is 4.75 Å². The highest BCUT2D eigenvalue weighted by Gasteiger charge is 2.47. The van der Waals surface area contributed by atoms with Crippen molar-refractivity contribution in [3.05, 3.63) is 0 Å². The number of amidine groups is 2. The summed E-state index contributed by atoms with van der Waals surface area (Å²) in [5.41, 5.74) is 0. The Labute approximate surface area is 110 Å². The summed E-state index contributed by atoms with van der Waals surface area (Å²) in [4.78, 5) is 2.26. The van der Waals surface area contributed by atoms with E-state index in [4.69, 9.17) is 0 Å². The fraction of sp³-hybridized carbons (Fsp3) is 0.714. The molecule has 20 heavy (non-hydrogen) atoms. The first-order valence-corrected chi connectivity index (χ1v) is 10.2. The Balaban J connectivity index is 3.42. The second kappa shape index (κ2) is 4.92. The van der Waals surface area contributed by atoms with Gasteiger partial charge in [0, 0.05) is 0 Å². The molecule has 1 unspecified atom stereocenters. The molecule has 0 saturated heterocycles. The molecule has 1 aliphatic heterocycles. The molecule has 0 aromatic carbocycles. The average molecular weight is 342 g/mol. The third-order valence-corrected chi connectivity index (χ3v) is 6.38. The molecule has 1 heterocycles. The van der Waals surface area contributed by atoms with Gasteiger partial charge in [-0.2, -0.15) is 40.0 Å². The van der Waals surface area contributed by atoms with Gasteiger partial charge >= 0.3 is 20.0 Å². The van der Waals surface area contributed by atoms with Crippen LogP contribution < -0.4 is 4.75 Å². The lowest BCUT2D eigenvalue weighted by atomic mass is 10.5. The Hall–Kier alpha value is -0.743. The largest absolute Gasteiger partial charge is 0.451 e. The quantitative estimate of drug-likeness (QED) is 0.455. The topological polar surface area (TPSA) is 49.1 Å². The second-order valence-corrected chi connectivity index (χ2v) is 11.7. The number of rotatable bonds is 2. The molecule has 0 bridgehead atoms. The smallest absolute Gasteiger partial charge is 0.262 e. The first-order chi connectivity index (χ1) is 8.62. The number of hydrogen-bond donors (Lipinski definition) is 1. The van der Waals surface area contributed by atoms with E-state index in [0.29, 0.717) is 0 Å². The van der Waals surface area contributed by atoms with Crippen LogP contribution in [0.2, 0.25) is 19.6 Å². The Morgan fingerprint density at radius 1 is 0.950 bits per heavy atom. The van der Waals surface area contributed by atoms with Crippen molar-refractivity contribution in [2.45, 2.75) is 32.0 Å². The van der Waals surface area contributed by atoms with E-state index in [2.05, 4.69) is 19.3 Å². The van der Waals surface area contributed by atoms with Gasteiger partial charge in [-0.05, 0) is 0 Å². The van der Waals surface area contributed by atoms with Gasteiger partial charge in [0.2, 0.25) is 11.7 Å². The summed E-state index contributed by atoms with van der Waals surface area (Å²) in [5, 5.41) is 0. The summed E-state index contributed by atoms with van der Waals surface area (Å²) in [7, 11) is -7.40. The van der Waals surface area contributed by atoms with Crippen LogP contribution in [0.25, 0.3) is 0 Å². The van der Waals surface area contributed by atoms with Crippen LogP contribution in [0.5, 0.6) is 0 Å². The van der Waals surface area contributed by atoms with Crippen LogP contribution in [0.15, 0.2) is 14.5 Å². The zero-order valence-corrected chi connectivity index (χ0v) is 12.3. The predicted octanol–water partition coefficient (Wildman–Crippen LogP) is 4.26. The van der Waals surface area contributed by atoms with Gasteiger partial charge in [-0.1, -0.05) is 19.6 Å². The summed E-state index contributed by atoms with van der Waals surface area (Å²) in [6, 6.07) is 0. The molecule has 1 N–H and O–H groups in total. The van der Waals surface area contributed by atoms with Crippen molar-refractivity contribution >= 4 is 27.6 Å². The third-order valence-electron chi connectivity index (χ3n) is 1.65. The van der Waals surface area contributed by atoms with Crippen molar-refractivity contribution in [3.8, 4) is 0 Å². The summed E-state index contributed by atoms with van der Waals surface area (Å²) < 4.78 is 96.4. The van der Waals surface area contributed by atoms with Crippen LogP contribution in [0.3, 0.4) is 0 Å². The number of aliphatic imine (C=N–C) groups is 1. The highest BCUT2D eigenvalue weighted by atomic mass is 31.2. The Kier molecular flexibility index (Phi) is 4.25. The van der Waals surface area contributed by atoms with Crippen LogP contribution >= 0.6 is 7.67 Å². The molecule has 0 saturated carbocycles. The zero-order chi connectivity index (χ0) is 16.0. The number of nitrogens with zero attached hydrogens (tertiary/aromatic N) is 3. The van der Waals surface area contributed by atoms with E-state index in [1.807, 2.05) is 0 Å². The molecule has 4 nitrogen and oxygen atoms in total. The number of nitrogens with one attached hydrogen (secondary N) is 1. The molecule has 0 fully saturated rings. The fourth-order valence-corrected chi connectivity index (χ4v) is 5.81. The molecule has 0 aromatic heterocycles. The molecule has 116 valence electrons. The molecule has 1 rings (SSSR count). The molecule has 1 atom stereocenters. The van der Waals surface area contributed by atoms with Crippen molar-refractivity contribution in [1.29, 1.82) is 0 Å². The normalized spacial score (nSPS) is 24.9. The zero-order valence-electron chi connectivity index (χ0n) is 10.4. The lowest BCUT2D eigenvalue weighted by molar-refractivity contribution is -0.0633. The molecule has 13 heteroatoms. The standard InChI is InChI=1S/C7H10F7N4PSi/c1-20(2,3)18-19(14)16-4(6(8,9)10)15-5(17-19)7(11,12)13/h18H,1-3H3. The van der Waals surface area contributed by atoms with Gasteiger partial charge in [0.15, 0.2) is 0 Å². The van der Waals surface area contributed by atoms with Crippen molar-refractivity contribution < 1.29 is 30.5 Å². The number of alkyl halides is 6. The summed E-state index contributed by atoms with van der Waals surface area (Å²) in [6.45, 7) is 4.48. The van der Waals surface area contributed by atoms with E-state index < -0.39 is 39.9 Å². The summed E-state index contributed by atoms with van der Waals surface area (Å²) in [5.74, 6) is -4.33. The highest BCUT2D eigenvalue weighted by molar-refractivity contribution is 7.60. The molecule has 0 amide bonds. The number of hydrogen-bond acceptors (Lipinski definition) is 4. The fourth-order valence-electron chi connectivity index (χ4n) is 1.14. The first kappa shape index (κ1) is 17.3. The summed E-state index contributed by atoms with van der Waals surface area (Å²) >= 11 is 0. The van der Waals surface area contributed by atoms with Crippen molar-refractivity contribution in [2.24, 2.45) is 14.5 Å². The van der Waals surface area contributed by atoms with Crippen LogP contribution in [0.1, 0.15) is 0 Å². The maximum absolute atomic E-state index is 14.2. The van der Waals surface area contributed by atoms with Gasteiger partial charge in [-0.25, -0.2) is 4.99 Å². The third kappa shape index (κ3) is 4.67. The van der Waals surface area contributed by atoms with E-state index in [9.17, 15) is 30.5 Å². The molecule has 0 radical (unpaired) electrons. The van der Waals surface area contributed by atoms with Crippen molar-refractivity contribution in [1.82, 2.24) is 4.75 Å². The van der Waals surface area contributed by atoms with Crippen LogP contribution in [-0.4, -0.2) is 32.3 Å². The van der Waals surface area contributed by atoms with Crippen LogP contribution in [0, 0.1) is 0 Å². The van der Waals surface area contributed by atoms with Gasteiger partial charge in [-0.15, -0.1) is 0 Å². The molecule has 1 aliphatic rings. The minimum atomic E-state index is -5.29. The van der Waals surface area contributed by atoms with Gasteiger partial charge in [0.05, 0.1) is 0 Å². The van der Waals surface area contributed by atoms with E-state index in [0.717, 1.165) is 0 Å². The van der Waals surface area contributed by atoms with E-state index in [1.54, 1.807) is 0 Å². The van der Waals surface area contributed by atoms with E-state index in [1.165, 1.54) is 19.6 Å². The monoisotopic (exact) mass is 342 g/mol. The van der Waals surface area contributed by atoms with Gasteiger partial charge < -0.3 is 0 Å². The van der Waals surface area contributed by atoms with Crippen LogP contribution in [0.4, 0.5) is 30.5 Å². The molecule has 0 spiro atoms. The minimum Gasteiger partial charge on any atom is -0.262 e. The lowest BCUT2D eigenvalue weighted by Gasteiger charge is -2.25. The maximum atomic E-state index is 14.2. The lowest BCUT2D eigenvalue weighted by Crippen LogP contribution is -2.39. The SMILES string of the molecule is C[Si](C)(C)NP1(F)=NC(C(F)(F)F)=NC(C(F)(F)F)=N1.